The molecule has 194 valence electrons. The lowest BCUT2D eigenvalue weighted by Gasteiger charge is -2.63. The highest BCUT2D eigenvalue weighted by atomic mass is 16.7. The molecule has 0 aromatic rings. The van der Waals surface area contributed by atoms with Crippen LogP contribution in [0.25, 0.3) is 0 Å². The Labute approximate surface area is 204 Å². The molecule has 2 saturated heterocycles. The molecule has 0 bridgehead atoms. The zero-order valence-corrected chi connectivity index (χ0v) is 21.7. The van der Waals surface area contributed by atoms with Crippen molar-refractivity contribution in [3.63, 3.8) is 0 Å². The summed E-state index contributed by atoms with van der Waals surface area (Å²) in [7, 11) is 0. The normalized spacial score (nSPS) is 62.2. The number of fused-ring (bicyclic) bond motifs is 7. The smallest absolute Gasteiger partial charge is 0.201 e. The van der Waals surface area contributed by atoms with Gasteiger partial charge in [-0.1, -0.05) is 20.8 Å². The zero-order chi connectivity index (χ0) is 24.5. The molecule has 6 heteroatoms. The van der Waals surface area contributed by atoms with E-state index in [-0.39, 0.29) is 47.4 Å². The van der Waals surface area contributed by atoms with E-state index in [1.165, 1.54) is 0 Å². The molecule has 2 heterocycles. The Bertz CT molecular complexity index is 847. The summed E-state index contributed by atoms with van der Waals surface area (Å²) in [6, 6.07) is 0. The molecule has 6 rings (SSSR count). The maximum atomic E-state index is 12.2. The van der Waals surface area contributed by atoms with E-state index in [9.17, 15) is 20.4 Å². The van der Waals surface area contributed by atoms with Crippen LogP contribution in [0.5, 0.6) is 0 Å². The second-order valence-corrected chi connectivity index (χ2v) is 14.3. The standard InChI is InChI=1S/C28H46O6/c1-15-12-28(34-24(15,2)3)27(32,14-29)23-21(33-28)11-19-18-7-6-16-10-17(30)8-9-25(16,4)22(18)20(31)13-26(19,23)5/h15-23,29-32H,6-14H2,1-5H3/t15-,16-,17+,18-,19-,20-,21-,22+,23-,25-,26-,27+,28-/m0/s1. The molecule has 0 aromatic heterocycles. The topological polar surface area (TPSA) is 99.4 Å². The highest BCUT2D eigenvalue weighted by Crippen LogP contribution is 2.72. The number of hydrogen-bond donors (Lipinski definition) is 4. The molecular weight excluding hydrogens is 432 g/mol. The van der Waals surface area contributed by atoms with Crippen molar-refractivity contribution < 1.29 is 29.9 Å². The van der Waals surface area contributed by atoms with Crippen molar-refractivity contribution in [2.45, 2.75) is 121 Å². The first-order valence-electron chi connectivity index (χ1n) is 13.9. The fourth-order valence-corrected chi connectivity index (χ4v) is 10.7. The molecule has 34 heavy (non-hydrogen) atoms. The molecule has 6 aliphatic rings. The minimum atomic E-state index is -1.48. The van der Waals surface area contributed by atoms with Gasteiger partial charge in [-0.2, -0.15) is 0 Å². The predicted octanol–water partition coefficient (Wildman–Crippen LogP) is 3.24. The molecule has 4 N–H and O–H groups in total. The van der Waals surface area contributed by atoms with E-state index in [1.807, 2.05) is 13.8 Å². The summed E-state index contributed by atoms with van der Waals surface area (Å²) in [5, 5.41) is 45.0. The first kappa shape index (κ1) is 24.1. The third-order valence-corrected chi connectivity index (χ3v) is 12.5. The highest BCUT2D eigenvalue weighted by Gasteiger charge is 2.78. The summed E-state index contributed by atoms with van der Waals surface area (Å²) in [6.45, 7) is 10.4. The number of aliphatic hydroxyl groups excluding tert-OH is 3. The largest absolute Gasteiger partial charge is 0.393 e. The van der Waals surface area contributed by atoms with Crippen LogP contribution in [0, 0.1) is 46.3 Å². The fraction of sp³-hybridized carbons (Fsp3) is 1.00. The molecule has 1 spiro atoms. The van der Waals surface area contributed by atoms with E-state index < -0.39 is 23.1 Å². The van der Waals surface area contributed by atoms with Crippen molar-refractivity contribution >= 4 is 0 Å². The average molecular weight is 479 g/mol. The molecule has 4 aliphatic carbocycles. The summed E-state index contributed by atoms with van der Waals surface area (Å²) >= 11 is 0. The van der Waals surface area contributed by atoms with Gasteiger partial charge in [-0.25, -0.2) is 0 Å². The molecule has 0 aromatic carbocycles. The van der Waals surface area contributed by atoms with Crippen molar-refractivity contribution in [2.24, 2.45) is 46.3 Å². The van der Waals surface area contributed by atoms with Crippen molar-refractivity contribution in [2.75, 3.05) is 6.61 Å². The third-order valence-electron chi connectivity index (χ3n) is 12.5. The Morgan fingerprint density at radius 3 is 2.32 bits per heavy atom. The first-order chi connectivity index (χ1) is 15.8. The molecular formula is C28H46O6. The number of aliphatic hydroxyl groups is 4. The fourth-order valence-electron chi connectivity index (χ4n) is 10.7. The number of ether oxygens (including phenoxy) is 2. The Morgan fingerprint density at radius 1 is 0.941 bits per heavy atom. The van der Waals surface area contributed by atoms with Crippen LogP contribution < -0.4 is 0 Å². The lowest BCUT2D eigenvalue weighted by molar-refractivity contribution is -0.311. The van der Waals surface area contributed by atoms with Gasteiger partial charge in [0.1, 0.15) is 5.60 Å². The van der Waals surface area contributed by atoms with Crippen LogP contribution in [-0.2, 0) is 9.47 Å². The van der Waals surface area contributed by atoms with Gasteiger partial charge in [0.2, 0.25) is 5.79 Å². The van der Waals surface area contributed by atoms with E-state index in [1.54, 1.807) is 0 Å². The Hall–Kier alpha value is -0.240. The maximum absolute atomic E-state index is 12.2. The van der Waals surface area contributed by atoms with Gasteiger partial charge >= 0.3 is 0 Å². The Kier molecular flexibility index (Phi) is 5.11. The number of rotatable bonds is 1. The van der Waals surface area contributed by atoms with Gasteiger partial charge in [0.25, 0.3) is 0 Å². The van der Waals surface area contributed by atoms with Gasteiger partial charge in [-0.3, -0.25) is 0 Å². The van der Waals surface area contributed by atoms with Gasteiger partial charge in [0.05, 0.1) is 30.5 Å². The van der Waals surface area contributed by atoms with Gasteiger partial charge < -0.3 is 29.9 Å². The predicted molar refractivity (Wildman–Crippen MR) is 127 cm³/mol. The van der Waals surface area contributed by atoms with E-state index in [4.69, 9.17) is 9.47 Å². The quantitative estimate of drug-likeness (QED) is 0.462. The van der Waals surface area contributed by atoms with E-state index in [2.05, 4.69) is 20.8 Å². The van der Waals surface area contributed by atoms with Crippen molar-refractivity contribution in [1.82, 2.24) is 0 Å². The minimum absolute atomic E-state index is 0.0595. The van der Waals surface area contributed by atoms with Gasteiger partial charge in [-0.15, -0.1) is 0 Å². The SMILES string of the molecule is C[C@H]1C[C@]2(O[C@H]3C[C@H]4[C@@H]5CC[C@H]6C[C@H](O)CC[C@]6(C)[C@H]5[C@@H](O)C[C@]4(C)[C@H]3[C@]2(O)CO)OC1(C)C. The Morgan fingerprint density at radius 2 is 1.68 bits per heavy atom. The van der Waals surface area contributed by atoms with Crippen LogP contribution in [0.2, 0.25) is 0 Å². The van der Waals surface area contributed by atoms with Crippen molar-refractivity contribution in [3.05, 3.63) is 0 Å². The molecule has 6 nitrogen and oxygen atoms in total. The molecule has 2 aliphatic heterocycles. The lowest BCUT2D eigenvalue weighted by atomic mass is 9.43. The summed E-state index contributed by atoms with van der Waals surface area (Å²) in [5.41, 5.74) is -2.17. The van der Waals surface area contributed by atoms with Crippen LogP contribution in [0.3, 0.4) is 0 Å². The number of hydrogen-bond acceptors (Lipinski definition) is 6. The molecule has 6 fully saturated rings. The highest BCUT2D eigenvalue weighted by molar-refractivity contribution is 5.23. The third kappa shape index (κ3) is 2.79. The lowest BCUT2D eigenvalue weighted by Crippen LogP contribution is -2.64. The van der Waals surface area contributed by atoms with Gasteiger partial charge in [-0.05, 0) is 99.2 Å². The summed E-state index contributed by atoms with van der Waals surface area (Å²) in [6.07, 6.45) is 6.10. The second-order valence-electron chi connectivity index (χ2n) is 14.3. The average Bonchev–Trinajstić information content (AvgIpc) is 3.26. The second kappa shape index (κ2) is 7.20. The molecule has 13 atom stereocenters. The minimum Gasteiger partial charge on any atom is -0.393 e. The van der Waals surface area contributed by atoms with Crippen molar-refractivity contribution in [3.8, 4) is 0 Å². The van der Waals surface area contributed by atoms with Gasteiger partial charge in [0.15, 0.2) is 0 Å². The van der Waals surface area contributed by atoms with Crippen LogP contribution >= 0.6 is 0 Å². The van der Waals surface area contributed by atoms with E-state index in [0.717, 1.165) is 38.5 Å². The molecule has 0 radical (unpaired) electrons. The monoisotopic (exact) mass is 478 g/mol. The van der Waals surface area contributed by atoms with E-state index in [0.29, 0.717) is 30.6 Å². The summed E-state index contributed by atoms with van der Waals surface area (Å²) in [4.78, 5) is 0. The van der Waals surface area contributed by atoms with E-state index >= 15 is 0 Å². The molecule has 0 amide bonds. The summed E-state index contributed by atoms with van der Waals surface area (Å²) in [5.74, 6) is 0.201. The molecule has 0 unspecified atom stereocenters. The molecule has 4 saturated carbocycles. The van der Waals surface area contributed by atoms with Crippen LogP contribution in [0.15, 0.2) is 0 Å². The van der Waals surface area contributed by atoms with Crippen molar-refractivity contribution in [1.29, 1.82) is 0 Å². The van der Waals surface area contributed by atoms with Crippen LogP contribution in [0.1, 0.15) is 86.0 Å². The van der Waals surface area contributed by atoms with Crippen LogP contribution in [0.4, 0.5) is 0 Å². The zero-order valence-electron chi connectivity index (χ0n) is 21.7. The Balaban J connectivity index is 1.35. The summed E-state index contributed by atoms with van der Waals surface area (Å²) < 4.78 is 13.2. The van der Waals surface area contributed by atoms with Gasteiger partial charge in [0, 0.05) is 12.3 Å². The maximum Gasteiger partial charge on any atom is 0.201 e. The first-order valence-corrected chi connectivity index (χ1v) is 13.9. The van der Waals surface area contributed by atoms with Crippen LogP contribution in [-0.4, -0.2) is 62.3 Å².